The first-order valence-corrected chi connectivity index (χ1v) is 7.94. The Hall–Kier alpha value is -2.44. The van der Waals surface area contributed by atoms with E-state index in [1.807, 2.05) is 19.2 Å². The van der Waals surface area contributed by atoms with Crippen molar-refractivity contribution < 1.29 is 4.79 Å². The molecule has 2 aromatic rings. The van der Waals surface area contributed by atoms with Crippen LogP contribution in [0.1, 0.15) is 38.3 Å². The van der Waals surface area contributed by atoms with Gasteiger partial charge >= 0.3 is 0 Å². The summed E-state index contributed by atoms with van der Waals surface area (Å²) in [5, 5.41) is 7.41. The first kappa shape index (κ1) is 15.5. The van der Waals surface area contributed by atoms with Crippen molar-refractivity contribution in [2.24, 2.45) is 7.05 Å². The second-order valence-electron chi connectivity index (χ2n) is 6.12. The van der Waals surface area contributed by atoms with Crippen LogP contribution in [-0.4, -0.2) is 38.2 Å². The van der Waals surface area contributed by atoms with Crippen LogP contribution in [0.3, 0.4) is 0 Å². The zero-order chi connectivity index (χ0) is 16.4. The number of piperidine rings is 1. The van der Waals surface area contributed by atoms with Gasteiger partial charge in [0.15, 0.2) is 0 Å². The van der Waals surface area contributed by atoms with Crippen molar-refractivity contribution in [1.29, 1.82) is 0 Å². The van der Waals surface area contributed by atoms with Gasteiger partial charge in [-0.2, -0.15) is 5.10 Å². The third-order valence-electron chi connectivity index (χ3n) is 4.11. The van der Waals surface area contributed by atoms with Gasteiger partial charge in [0, 0.05) is 31.4 Å². The summed E-state index contributed by atoms with van der Waals surface area (Å²) in [5.41, 5.74) is 0.967. The number of hydrogen-bond donors (Lipinski definition) is 1. The number of nitrogens with zero attached hydrogens (tertiary/aromatic N) is 5. The summed E-state index contributed by atoms with van der Waals surface area (Å²) in [6.07, 6.45) is 4.99. The van der Waals surface area contributed by atoms with Crippen LogP contribution in [-0.2, 0) is 11.8 Å². The van der Waals surface area contributed by atoms with Crippen molar-refractivity contribution in [1.82, 2.24) is 19.7 Å². The Labute approximate surface area is 135 Å². The van der Waals surface area contributed by atoms with Crippen LogP contribution in [0, 0.1) is 0 Å². The summed E-state index contributed by atoms with van der Waals surface area (Å²) in [6.45, 7) is 4.89. The minimum atomic E-state index is -0.270. The second kappa shape index (κ2) is 6.36. The molecule has 0 saturated carbocycles. The van der Waals surface area contributed by atoms with E-state index in [9.17, 15) is 4.79 Å². The molecule has 1 unspecified atom stereocenters. The van der Waals surface area contributed by atoms with Crippen molar-refractivity contribution in [3.8, 4) is 0 Å². The van der Waals surface area contributed by atoms with Gasteiger partial charge in [-0.1, -0.05) is 13.8 Å². The summed E-state index contributed by atoms with van der Waals surface area (Å²) < 4.78 is 1.72. The van der Waals surface area contributed by atoms with Gasteiger partial charge in [0.1, 0.15) is 24.0 Å². The van der Waals surface area contributed by atoms with Crippen LogP contribution in [0.4, 0.5) is 11.6 Å². The van der Waals surface area contributed by atoms with Crippen LogP contribution in [0.2, 0.25) is 0 Å². The molecule has 122 valence electrons. The van der Waals surface area contributed by atoms with E-state index in [4.69, 9.17) is 0 Å². The van der Waals surface area contributed by atoms with E-state index in [-0.39, 0.29) is 11.9 Å². The van der Waals surface area contributed by atoms with Gasteiger partial charge in [-0.3, -0.25) is 14.4 Å². The number of carbonyl (C=O) groups is 1. The Morgan fingerprint density at radius 2 is 2.17 bits per heavy atom. The minimum Gasteiger partial charge on any atom is -0.358 e. The lowest BCUT2D eigenvalue weighted by Crippen LogP contribution is -2.48. The maximum Gasteiger partial charge on any atom is 0.250 e. The first-order chi connectivity index (χ1) is 11.1. The van der Waals surface area contributed by atoms with E-state index in [0.29, 0.717) is 11.7 Å². The molecule has 23 heavy (non-hydrogen) atoms. The van der Waals surface area contributed by atoms with Crippen molar-refractivity contribution in [3.05, 3.63) is 30.4 Å². The average Bonchev–Trinajstić information content (AvgIpc) is 2.96. The Kier molecular flexibility index (Phi) is 4.27. The number of rotatable bonds is 4. The molecule has 0 radical (unpaired) electrons. The van der Waals surface area contributed by atoms with Gasteiger partial charge in [-0.25, -0.2) is 9.97 Å². The molecule has 3 rings (SSSR count). The summed E-state index contributed by atoms with van der Waals surface area (Å²) in [7, 11) is 1.85. The van der Waals surface area contributed by atoms with Gasteiger partial charge in [0.2, 0.25) is 0 Å². The Bertz CT molecular complexity index is 695. The molecule has 7 heteroatoms. The molecule has 1 atom stereocenters. The van der Waals surface area contributed by atoms with Gasteiger partial charge in [0.05, 0.1) is 6.20 Å². The number of hydrogen-bond acceptors (Lipinski definition) is 5. The van der Waals surface area contributed by atoms with E-state index in [1.165, 1.54) is 0 Å². The highest BCUT2D eigenvalue weighted by atomic mass is 16.2. The molecule has 0 spiro atoms. The highest BCUT2D eigenvalue weighted by Crippen LogP contribution is 2.22. The highest BCUT2D eigenvalue weighted by molar-refractivity contribution is 5.98. The van der Waals surface area contributed by atoms with Crippen LogP contribution in [0.25, 0.3) is 0 Å². The number of amides is 1. The molecule has 0 aliphatic carbocycles. The normalized spacial score (nSPS) is 18.5. The molecule has 1 amide bonds. The van der Waals surface area contributed by atoms with Crippen LogP contribution < -0.4 is 10.2 Å². The van der Waals surface area contributed by atoms with Crippen molar-refractivity contribution in [3.63, 3.8) is 0 Å². The Morgan fingerprint density at radius 1 is 1.35 bits per heavy atom. The van der Waals surface area contributed by atoms with Crippen LogP contribution in [0.15, 0.2) is 24.7 Å². The van der Waals surface area contributed by atoms with Crippen LogP contribution in [0.5, 0.6) is 0 Å². The van der Waals surface area contributed by atoms with E-state index in [2.05, 4.69) is 34.2 Å². The maximum absolute atomic E-state index is 12.8. The van der Waals surface area contributed by atoms with Gasteiger partial charge in [-0.05, 0) is 18.8 Å². The quantitative estimate of drug-likeness (QED) is 0.933. The van der Waals surface area contributed by atoms with E-state index >= 15 is 0 Å². The monoisotopic (exact) mass is 314 g/mol. The smallest absolute Gasteiger partial charge is 0.250 e. The van der Waals surface area contributed by atoms with Crippen LogP contribution >= 0.6 is 0 Å². The summed E-state index contributed by atoms with van der Waals surface area (Å²) in [6, 6.07) is 3.51. The third-order valence-corrected chi connectivity index (χ3v) is 4.11. The number of aromatic nitrogens is 4. The van der Waals surface area contributed by atoms with E-state index < -0.39 is 0 Å². The largest absolute Gasteiger partial charge is 0.358 e. The standard InChI is InChI=1S/C16H22N6O/c1-11(2)13-9-14(18-10-17-13)20-12-5-4-8-22(16(12)23)15-6-7-19-21(15)3/h6-7,9-12H,4-5,8H2,1-3H3,(H,17,18,20). The van der Waals surface area contributed by atoms with Gasteiger partial charge in [-0.15, -0.1) is 0 Å². The predicted octanol–water partition coefficient (Wildman–Crippen LogP) is 1.94. The SMILES string of the molecule is CC(C)c1cc(NC2CCCN(c3ccnn3C)C2=O)ncn1. The molecule has 1 N–H and O–H groups in total. The Balaban J connectivity index is 1.77. The van der Waals surface area contributed by atoms with E-state index in [0.717, 1.165) is 30.9 Å². The Morgan fingerprint density at radius 3 is 2.87 bits per heavy atom. The second-order valence-corrected chi connectivity index (χ2v) is 6.12. The molecule has 3 heterocycles. The van der Waals surface area contributed by atoms with Crippen molar-refractivity contribution >= 4 is 17.5 Å². The molecular formula is C16H22N6O. The van der Waals surface area contributed by atoms with Crippen molar-refractivity contribution in [2.45, 2.75) is 38.6 Å². The zero-order valence-electron chi connectivity index (χ0n) is 13.7. The molecule has 1 aliphatic heterocycles. The molecule has 0 aromatic carbocycles. The zero-order valence-corrected chi connectivity index (χ0v) is 13.7. The molecule has 7 nitrogen and oxygen atoms in total. The lowest BCUT2D eigenvalue weighted by molar-refractivity contribution is -0.120. The fraction of sp³-hybridized carbons (Fsp3) is 0.500. The minimum absolute atomic E-state index is 0.0598. The number of anilines is 2. The van der Waals surface area contributed by atoms with E-state index in [1.54, 1.807) is 22.1 Å². The molecule has 2 aromatic heterocycles. The number of aryl methyl sites for hydroxylation is 1. The average molecular weight is 314 g/mol. The number of carbonyl (C=O) groups excluding carboxylic acids is 1. The number of nitrogens with one attached hydrogen (secondary N) is 1. The highest BCUT2D eigenvalue weighted by Gasteiger charge is 2.31. The maximum atomic E-state index is 12.8. The molecular weight excluding hydrogens is 292 g/mol. The fourth-order valence-electron chi connectivity index (χ4n) is 2.81. The lowest BCUT2D eigenvalue weighted by atomic mass is 10.0. The van der Waals surface area contributed by atoms with Crippen molar-refractivity contribution in [2.75, 3.05) is 16.8 Å². The molecule has 1 fully saturated rings. The summed E-state index contributed by atoms with van der Waals surface area (Å²) in [5.74, 6) is 1.91. The molecule has 0 bridgehead atoms. The predicted molar refractivity (Wildman–Crippen MR) is 88.3 cm³/mol. The van der Waals surface area contributed by atoms with Gasteiger partial charge < -0.3 is 5.32 Å². The van der Waals surface area contributed by atoms with Gasteiger partial charge in [0.25, 0.3) is 5.91 Å². The third kappa shape index (κ3) is 3.18. The topological polar surface area (TPSA) is 75.9 Å². The first-order valence-electron chi connectivity index (χ1n) is 7.94. The fourth-order valence-corrected chi connectivity index (χ4v) is 2.81. The summed E-state index contributed by atoms with van der Waals surface area (Å²) in [4.78, 5) is 23.1. The molecule has 1 aliphatic rings. The summed E-state index contributed by atoms with van der Waals surface area (Å²) >= 11 is 0. The molecule has 1 saturated heterocycles. The lowest BCUT2D eigenvalue weighted by Gasteiger charge is -2.32.